The van der Waals surface area contributed by atoms with Crippen LogP contribution in [0.5, 0.6) is 5.75 Å². The maximum atomic E-state index is 12.3. The molecule has 0 radical (unpaired) electrons. The van der Waals surface area contributed by atoms with Crippen LogP contribution in [0, 0.1) is 0 Å². The number of anilines is 4. The summed E-state index contributed by atoms with van der Waals surface area (Å²) in [7, 11) is 3.56. The van der Waals surface area contributed by atoms with E-state index in [1.54, 1.807) is 7.11 Å². The first kappa shape index (κ1) is 25.2. The number of nitrogens with one attached hydrogen (secondary N) is 2. The zero-order chi connectivity index (χ0) is 26.6. The van der Waals surface area contributed by atoms with Crippen molar-refractivity contribution in [3.05, 3.63) is 61.6 Å². The van der Waals surface area contributed by atoms with Gasteiger partial charge in [-0.15, -0.1) is 0 Å². The van der Waals surface area contributed by atoms with Crippen LogP contribution in [0.15, 0.2) is 61.6 Å². The number of carbonyl (C=O) groups is 1. The molecule has 0 atom stereocenters. The third-order valence-corrected chi connectivity index (χ3v) is 6.89. The summed E-state index contributed by atoms with van der Waals surface area (Å²) in [4.78, 5) is 25.9. The number of rotatable bonds is 8. The van der Waals surface area contributed by atoms with E-state index in [4.69, 9.17) is 4.74 Å². The number of benzene rings is 2. The first-order valence-corrected chi connectivity index (χ1v) is 12.6. The maximum Gasteiger partial charge on any atom is 0.247 e. The minimum absolute atomic E-state index is 0.273. The van der Waals surface area contributed by atoms with Gasteiger partial charge in [-0.2, -0.15) is 5.10 Å². The molecule has 1 fully saturated rings. The number of hydrogen-bond donors (Lipinski definition) is 2. The molecule has 1 aliphatic heterocycles. The van der Waals surface area contributed by atoms with E-state index in [1.807, 2.05) is 48.3 Å². The highest BCUT2D eigenvalue weighted by Gasteiger charge is 2.22. The number of nitrogens with zero attached hydrogens (tertiary/aromatic N) is 6. The Bertz CT molecular complexity index is 1470. The van der Waals surface area contributed by atoms with Gasteiger partial charge in [-0.05, 0) is 30.8 Å². The average molecular weight is 513 g/mol. The fourth-order valence-electron chi connectivity index (χ4n) is 4.73. The Labute approximate surface area is 221 Å². The van der Waals surface area contributed by atoms with Crippen molar-refractivity contribution in [3.8, 4) is 17.0 Å². The van der Waals surface area contributed by atoms with E-state index >= 15 is 0 Å². The zero-order valence-corrected chi connectivity index (χ0v) is 21.9. The minimum atomic E-state index is -0.273. The van der Waals surface area contributed by atoms with Crippen molar-refractivity contribution in [3.63, 3.8) is 0 Å². The van der Waals surface area contributed by atoms with Gasteiger partial charge in [0, 0.05) is 56.3 Å². The quantitative estimate of drug-likeness (QED) is 0.341. The Kier molecular flexibility index (Phi) is 7.23. The summed E-state index contributed by atoms with van der Waals surface area (Å²) in [5, 5.41) is 11.7. The first-order chi connectivity index (χ1) is 18.5. The normalized spacial score (nSPS) is 13.9. The van der Waals surface area contributed by atoms with Gasteiger partial charge in [0.15, 0.2) is 0 Å². The van der Waals surface area contributed by atoms with Crippen LogP contribution in [-0.4, -0.2) is 70.4 Å². The highest BCUT2D eigenvalue weighted by Crippen LogP contribution is 2.39. The van der Waals surface area contributed by atoms with Gasteiger partial charge < -0.3 is 25.2 Å². The van der Waals surface area contributed by atoms with Gasteiger partial charge in [-0.25, -0.2) is 9.97 Å². The molecule has 2 aromatic carbocycles. The summed E-state index contributed by atoms with van der Waals surface area (Å²) >= 11 is 0. The van der Waals surface area contributed by atoms with E-state index in [2.05, 4.69) is 55.1 Å². The van der Waals surface area contributed by atoms with Crippen LogP contribution in [-0.2, 0) is 11.8 Å². The Morgan fingerprint density at radius 2 is 1.92 bits per heavy atom. The third-order valence-electron chi connectivity index (χ3n) is 6.89. The van der Waals surface area contributed by atoms with Crippen LogP contribution in [0.3, 0.4) is 0 Å². The molecule has 10 heteroatoms. The maximum absolute atomic E-state index is 12.3. The molecule has 2 aromatic heterocycles. The molecule has 0 spiro atoms. The Hall–Kier alpha value is -4.44. The van der Waals surface area contributed by atoms with E-state index in [1.165, 1.54) is 12.4 Å². The fraction of sp³-hybridized carbons (Fsp3) is 0.286. The molecule has 0 unspecified atom stereocenters. The van der Waals surface area contributed by atoms with Gasteiger partial charge in [-0.3, -0.25) is 9.48 Å². The lowest BCUT2D eigenvalue weighted by atomic mass is 10.1. The number of likely N-dealkylation sites (N-methyl/N-ethyl adjacent to an activating group) is 1. The van der Waals surface area contributed by atoms with E-state index in [0.717, 1.165) is 60.6 Å². The lowest BCUT2D eigenvalue weighted by Crippen LogP contribution is -2.46. The number of methoxy groups -OCH3 is 1. The second kappa shape index (κ2) is 10.9. The van der Waals surface area contributed by atoms with Crippen molar-refractivity contribution in [2.45, 2.75) is 6.92 Å². The molecule has 10 nitrogen and oxygen atoms in total. The molecule has 1 aliphatic rings. The topological polar surface area (TPSA) is 100 Å². The van der Waals surface area contributed by atoms with Crippen LogP contribution in [0.1, 0.15) is 6.92 Å². The highest BCUT2D eigenvalue weighted by molar-refractivity contribution is 6.02. The number of ether oxygens (including phenoxy) is 1. The lowest BCUT2D eigenvalue weighted by Gasteiger charge is -2.36. The summed E-state index contributed by atoms with van der Waals surface area (Å²) in [6.07, 6.45) is 4.64. The van der Waals surface area contributed by atoms with Gasteiger partial charge in [-0.1, -0.05) is 19.6 Å². The van der Waals surface area contributed by atoms with Crippen molar-refractivity contribution in [2.24, 2.45) is 7.05 Å². The predicted molar refractivity (Wildman–Crippen MR) is 151 cm³/mol. The summed E-state index contributed by atoms with van der Waals surface area (Å²) in [6.45, 7) is 10.4. The molecule has 5 rings (SSSR count). The number of aromatic nitrogens is 4. The van der Waals surface area contributed by atoms with Crippen LogP contribution in [0.4, 0.5) is 22.9 Å². The molecule has 2 N–H and O–H groups in total. The molecular formula is C28H32N8O2. The molecule has 196 valence electrons. The van der Waals surface area contributed by atoms with Gasteiger partial charge in [0.25, 0.3) is 0 Å². The van der Waals surface area contributed by atoms with Crippen LogP contribution in [0.25, 0.3) is 22.2 Å². The fourth-order valence-corrected chi connectivity index (χ4v) is 4.73. The zero-order valence-electron chi connectivity index (χ0n) is 21.9. The number of hydrogen-bond acceptors (Lipinski definition) is 8. The molecule has 0 saturated carbocycles. The second-order valence-corrected chi connectivity index (χ2v) is 9.14. The first-order valence-electron chi connectivity index (χ1n) is 12.6. The molecule has 4 aromatic rings. The summed E-state index contributed by atoms with van der Waals surface area (Å²) < 4.78 is 7.60. The molecule has 1 saturated heterocycles. The predicted octanol–water partition coefficient (Wildman–Crippen LogP) is 4.05. The number of carbonyl (C=O) groups excluding carboxylic acids is 1. The second-order valence-electron chi connectivity index (χ2n) is 9.14. The summed E-state index contributed by atoms with van der Waals surface area (Å²) in [5.41, 5.74) is 5.05. The highest BCUT2D eigenvalue weighted by atomic mass is 16.5. The number of fused-ring (bicyclic) bond motifs is 1. The Morgan fingerprint density at radius 3 is 2.66 bits per heavy atom. The largest absolute Gasteiger partial charge is 0.494 e. The standard InChI is InChI=1S/C28H32N8O2/c1-5-28(37)33-22-14-23(26(38-4)16-25(22)36-11-9-35(6-2)10-12-36)32-27-15-21(29-18-30-27)19-7-8-24-20(13-19)17-31-34(24)3/h5,7-8,13-18H,1,6,9-12H2,2-4H3,(H,33,37)(H,29,30,32). The molecule has 0 aliphatic carbocycles. The van der Waals surface area contributed by atoms with Crippen molar-refractivity contribution in [1.29, 1.82) is 0 Å². The monoisotopic (exact) mass is 512 g/mol. The number of amides is 1. The van der Waals surface area contributed by atoms with Gasteiger partial charge >= 0.3 is 0 Å². The summed E-state index contributed by atoms with van der Waals surface area (Å²) in [5.74, 6) is 0.973. The smallest absolute Gasteiger partial charge is 0.247 e. The summed E-state index contributed by atoms with van der Waals surface area (Å²) in [6, 6.07) is 11.8. The molecule has 3 heterocycles. The molecule has 0 bridgehead atoms. The van der Waals surface area contributed by atoms with Crippen LogP contribution < -0.4 is 20.3 Å². The number of piperazine rings is 1. The van der Waals surface area contributed by atoms with Gasteiger partial charge in [0.05, 0.1) is 41.6 Å². The lowest BCUT2D eigenvalue weighted by molar-refractivity contribution is -0.111. The molecule has 38 heavy (non-hydrogen) atoms. The Balaban J connectivity index is 1.46. The van der Waals surface area contributed by atoms with Crippen molar-refractivity contribution < 1.29 is 9.53 Å². The van der Waals surface area contributed by atoms with Gasteiger partial charge in [0.2, 0.25) is 5.91 Å². The van der Waals surface area contributed by atoms with E-state index in [-0.39, 0.29) is 5.91 Å². The van der Waals surface area contributed by atoms with Crippen molar-refractivity contribution >= 4 is 39.7 Å². The van der Waals surface area contributed by atoms with Crippen LogP contribution in [0.2, 0.25) is 0 Å². The van der Waals surface area contributed by atoms with Crippen molar-refractivity contribution in [1.82, 2.24) is 24.6 Å². The Morgan fingerprint density at radius 1 is 1.11 bits per heavy atom. The average Bonchev–Trinajstić information content (AvgIpc) is 3.33. The van der Waals surface area contributed by atoms with E-state index < -0.39 is 0 Å². The third kappa shape index (κ3) is 5.16. The van der Waals surface area contributed by atoms with Crippen molar-refractivity contribution in [2.75, 3.05) is 55.4 Å². The van der Waals surface area contributed by atoms with Crippen LogP contribution >= 0.6 is 0 Å². The van der Waals surface area contributed by atoms with E-state index in [0.29, 0.717) is 22.9 Å². The minimum Gasteiger partial charge on any atom is -0.494 e. The van der Waals surface area contributed by atoms with E-state index in [9.17, 15) is 4.79 Å². The number of aryl methyl sites for hydroxylation is 1. The SMILES string of the molecule is C=CC(=O)Nc1cc(Nc2cc(-c3ccc4c(cnn4C)c3)ncn2)c(OC)cc1N1CCN(CC)CC1. The molecular weight excluding hydrogens is 480 g/mol. The molecule has 1 amide bonds. The van der Waals surface area contributed by atoms with Gasteiger partial charge in [0.1, 0.15) is 17.9 Å².